The smallest absolute Gasteiger partial charge is 0.543 e. The summed E-state index contributed by atoms with van der Waals surface area (Å²) in [6.45, 7) is -0.932. The molecule has 34 heteroatoms. The molecule has 4 aliphatic rings. The molecule has 0 radical (unpaired) electrons. The summed E-state index contributed by atoms with van der Waals surface area (Å²) in [6, 6.07) is 9.90. The summed E-state index contributed by atoms with van der Waals surface area (Å²) in [5.41, 5.74) is 0.666. The van der Waals surface area contributed by atoms with E-state index < -0.39 is 95.6 Å². The normalized spacial score (nSPS) is 19.6. The van der Waals surface area contributed by atoms with Crippen molar-refractivity contribution in [1.82, 2.24) is 60.8 Å². The Bertz CT molecular complexity index is 2640. The van der Waals surface area contributed by atoms with Crippen molar-refractivity contribution in [2.45, 2.75) is 58.4 Å². The molecular formula is C38H32Cl2K2N12O14S4. The van der Waals surface area contributed by atoms with E-state index in [-0.39, 0.29) is 159 Å². The predicted molar refractivity (Wildman–Crippen MR) is 239 cm³/mol. The van der Waals surface area contributed by atoms with Crippen LogP contribution in [0.25, 0.3) is 0 Å². The van der Waals surface area contributed by atoms with Crippen molar-refractivity contribution in [2.75, 3.05) is 23.0 Å². The number of hydrogen-bond acceptors (Lipinski definition) is 22. The van der Waals surface area contributed by atoms with Crippen LogP contribution in [0.5, 0.6) is 0 Å². The van der Waals surface area contributed by atoms with Gasteiger partial charge < -0.3 is 50.9 Å². The van der Waals surface area contributed by atoms with Crippen molar-refractivity contribution < 1.29 is 172 Å². The number of nitrogens with zero attached hydrogens (tertiary/aromatic N) is 10. The number of amides is 4. The van der Waals surface area contributed by atoms with Gasteiger partial charge in [0.05, 0.1) is 23.3 Å². The van der Waals surface area contributed by atoms with E-state index in [4.69, 9.17) is 33.4 Å². The Labute approximate surface area is 517 Å². The number of rotatable bonds is 18. The number of aliphatic hydroxyl groups excluding tert-OH is 2. The summed E-state index contributed by atoms with van der Waals surface area (Å²) in [4.78, 5) is 98.2. The third kappa shape index (κ3) is 13.9. The first-order valence-corrected chi connectivity index (χ1v) is 24.6. The molecule has 6 atom stereocenters. The molecular weight excluding hydrogens is 1130 g/mol. The molecule has 0 saturated carbocycles. The van der Waals surface area contributed by atoms with E-state index in [1.54, 1.807) is 0 Å². The fourth-order valence-corrected chi connectivity index (χ4v) is 12.0. The Hall–Kier alpha value is -3.01. The van der Waals surface area contributed by atoms with Crippen LogP contribution in [0.15, 0.2) is 81.4 Å². The molecule has 6 N–H and O–H groups in total. The van der Waals surface area contributed by atoms with Gasteiger partial charge in [-0.15, -0.1) is 33.7 Å². The third-order valence-corrected chi connectivity index (χ3v) is 15.5. The maximum atomic E-state index is 12.8. The Balaban J connectivity index is 0.000000260. The molecule has 368 valence electrons. The summed E-state index contributed by atoms with van der Waals surface area (Å²) in [7, 11) is 0. The molecule has 8 rings (SSSR count). The predicted octanol–water partition coefficient (Wildman–Crippen LogP) is -8.71. The van der Waals surface area contributed by atoms with Crippen molar-refractivity contribution in [1.29, 1.82) is 0 Å². The van der Waals surface area contributed by atoms with Gasteiger partial charge in [-0.3, -0.25) is 38.6 Å². The van der Waals surface area contributed by atoms with Gasteiger partial charge >= 0.3 is 115 Å². The van der Waals surface area contributed by atoms with Crippen LogP contribution in [0, 0.1) is 0 Å². The first-order valence-electron chi connectivity index (χ1n) is 19.8. The van der Waals surface area contributed by atoms with Crippen molar-refractivity contribution >= 4 is 118 Å². The van der Waals surface area contributed by atoms with Crippen molar-refractivity contribution in [3.8, 4) is 0 Å². The number of carbonyl (C=O) groups excluding carboxylic acids is 6. The number of carboxylic acids is 4. The van der Waals surface area contributed by atoms with Crippen LogP contribution in [0.4, 0.5) is 0 Å². The molecule has 6 heterocycles. The van der Waals surface area contributed by atoms with Crippen LogP contribution in [0.3, 0.4) is 0 Å². The quantitative estimate of drug-likeness (QED) is 0.0306. The summed E-state index contributed by atoms with van der Waals surface area (Å²) in [5, 5.41) is 88.4. The number of halogens is 2. The van der Waals surface area contributed by atoms with Gasteiger partial charge in [0.2, 0.25) is 10.3 Å². The first-order chi connectivity index (χ1) is 33.3. The molecule has 4 amide bonds. The molecule has 2 saturated heterocycles. The summed E-state index contributed by atoms with van der Waals surface area (Å²) in [5.74, 6) is -7.80. The number of nitrogens with one attached hydrogen (secondary N) is 2. The maximum absolute atomic E-state index is 12.8. The van der Waals surface area contributed by atoms with Crippen LogP contribution in [0.1, 0.15) is 23.3 Å². The SMILES string of the molecule is O=C(O)Cn1nnnc1SCC1=C(C(=O)[O-])N2C(=O)C(NC(=O)[C@H](O)c3ccc(Cl)cc3)[C@H]2SC1.O=C(O)Cn1nnnc1SCC1=C(C(=O)[O-])N2C(=O)C(NC(=O)[C@H](O)c3ccc(Cl)cc3)[C@H]2SC1.[K+].[K+]. The summed E-state index contributed by atoms with van der Waals surface area (Å²) < 4.78 is 2.11. The number of tetrazole rings is 2. The number of thioether (sulfide) groups is 4. The molecule has 0 spiro atoms. The van der Waals surface area contributed by atoms with E-state index in [1.165, 1.54) is 72.1 Å². The molecule has 2 fully saturated rings. The Morgan fingerprint density at radius 1 is 0.653 bits per heavy atom. The van der Waals surface area contributed by atoms with Gasteiger partial charge in [0, 0.05) is 33.1 Å². The Morgan fingerprint density at radius 2 is 1.00 bits per heavy atom. The monoisotopic (exact) mass is 1160 g/mol. The first kappa shape index (κ1) is 59.9. The number of fused-ring (bicyclic) bond motifs is 2. The van der Waals surface area contributed by atoms with Crippen LogP contribution in [-0.4, -0.2) is 164 Å². The van der Waals surface area contributed by atoms with Gasteiger partial charge in [0.1, 0.15) is 35.9 Å². The maximum Gasteiger partial charge on any atom is 1.00 e. The number of aromatic nitrogens is 8. The number of carbonyl (C=O) groups is 8. The topological polar surface area (TPSA) is 381 Å². The van der Waals surface area contributed by atoms with Gasteiger partial charge in [0.25, 0.3) is 23.6 Å². The molecule has 0 aliphatic carbocycles. The standard InChI is InChI=1S/2C19H17ClN6O7S2.2K/c2*20-10-3-1-8(2-4-10)14(29)15(30)21-12-16(31)26-13(18(32)33)9(6-34-17(12)26)7-35-19-22-23-24-25(19)5-11(27)28;;/h2*1-4,12,14,17,29H,5-7H2,(H,21,30)(H,27,28)(H,32,33);;/q;;2*+1/p-2/t2*12?,14-,17-;;/m11../s1. The second kappa shape index (κ2) is 26.7. The van der Waals surface area contributed by atoms with Gasteiger partial charge in [-0.2, -0.15) is 0 Å². The van der Waals surface area contributed by atoms with E-state index in [0.717, 1.165) is 42.7 Å². The Kier molecular flexibility index (Phi) is 22.2. The second-order valence-corrected chi connectivity index (χ2v) is 19.8. The van der Waals surface area contributed by atoms with E-state index in [2.05, 4.69) is 41.7 Å². The number of hydrogen-bond donors (Lipinski definition) is 6. The largest absolute Gasteiger partial charge is 1.00 e. The van der Waals surface area contributed by atoms with E-state index in [1.807, 2.05) is 0 Å². The average molecular weight is 1160 g/mol. The minimum Gasteiger partial charge on any atom is -0.543 e. The van der Waals surface area contributed by atoms with E-state index >= 15 is 0 Å². The van der Waals surface area contributed by atoms with Gasteiger partial charge in [-0.1, -0.05) is 71.0 Å². The van der Waals surface area contributed by atoms with Crippen LogP contribution >= 0.6 is 70.2 Å². The minimum absolute atomic E-state index is 0. The zero-order chi connectivity index (χ0) is 50.6. The Morgan fingerprint density at radius 3 is 1.32 bits per heavy atom. The molecule has 2 aromatic carbocycles. The van der Waals surface area contributed by atoms with Gasteiger partial charge in [-0.05, 0) is 67.4 Å². The average Bonchev–Trinajstić information content (AvgIpc) is 3.97. The molecule has 26 nitrogen and oxygen atoms in total. The van der Waals surface area contributed by atoms with E-state index in [9.17, 15) is 58.8 Å². The molecule has 2 unspecified atom stereocenters. The number of benzene rings is 2. The summed E-state index contributed by atoms with van der Waals surface area (Å²) >= 11 is 16.1. The zero-order valence-corrected chi connectivity index (χ0v) is 48.1. The zero-order valence-electron chi connectivity index (χ0n) is 37.1. The minimum atomic E-state index is -1.56. The fraction of sp³-hybridized carbons (Fsp3) is 0.316. The second-order valence-electron chi connectivity index (χ2n) is 14.8. The molecule has 2 aromatic heterocycles. The number of β-lactam (4-membered cyclic amide) rings is 2. The van der Waals surface area contributed by atoms with Crippen LogP contribution in [0.2, 0.25) is 10.0 Å². The van der Waals surface area contributed by atoms with Crippen LogP contribution < -0.4 is 124 Å². The van der Waals surface area contributed by atoms with Crippen molar-refractivity contribution in [3.63, 3.8) is 0 Å². The van der Waals surface area contributed by atoms with Crippen molar-refractivity contribution in [2.24, 2.45) is 0 Å². The number of aliphatic hydroxyl groups is 2. The molecule has 72 heavy (non-hydrogen) atoms. The fourth-order valence-electron chi connectivity index (χ4n) is 6.98. The molecule has 4 aliphatic heterocycles. The van der Waals surface area contributed by atoms with Crippen LogP contribution in [-0.2, 0) is 51.4 Å². The van der Waals surface area contributed by atoms with Gasteiger partial charge in [0.15, 0.2) is 12.2 Å². The number of carboxylic acid groups (broad SMARTS) is 4. The van der Waals surface area contributed by atoms with E-state index in [0.29, 0.717) is 21.2 Å². The molecule has 0 bridgehead atoms. The molecule has 4 aromatic rings. The van der Waals surface area contributed by atoms with Gasteiger partial charge in [-0.25, -0.2) is 9.36 Å². The number of aliphatic carboxylic acids is 4. The van der Waals surface area contributed by atoms with Crippen molar-refractivity contribution in [3.05, 3.63) is 92.2 Å². The third-order valence-electron chi connectivity index (χ3n) is 10.3. The summed E-state index contributed by atoms with van der Waals surface area (Å²) in [6.07, 6.45) is -3.08.